The number of hydrogen-bond acceptors (Lipinski definition) is 4. The molecule has 1 heterocycles. The molecule has 2 rings (SSSR count). The molecule has 3 N–H and O–H groups in total. The maximum Gasteiger partial charge on any atom is 0.271 e. The van der Waals surface area contributed by atoms with Gasteiger partial charge in [-0.3, -0.25) is 9.59 Å². The molecule has 25 heavy (non-hydrogen) atoms. The van der Waals surface area contributed by atoms with Crippen molar-refractivity contribution in [3.63, 3.8) is 0 Å². The zero-order valence-electron chi connectivity index (χ0n) is 15.4. The number of carbonyl (C=O) groups is 2. The largest absolute Gasteiger partial charge is 0.370 e. The monoisotopic (exact) mass is 363 g/mol. The van der Waals surface area contributed by atoms with Crippen molar-refractivity contribution in [2.24, 2.45) is 11.7 Å². The summed E-state index contributed by atoms with van der Waals surface area (Å²) in [6, 6.07) is 1.89. The number of primary amides is 1. The van der Waals surface area contributed by atoms with Gasteiger partial charge in [-0.05, 0) is 42.7 Å². The fraction of sp³-hybridized carbons (Fsp3) is 0.632. The lowest BCUT2D eigenvalue weighted by Crippen LogP contribution is -2.38. The maximum absolute atomic E-state index is 12.7. The number of pyridine rings is 1. The van der Waals surface area contributed by atoms with E-state index in [1.807, 2.05) is 13.1 Å². The number of aromatic nitrogens is 1. The number of nitrogens with two attached hydrogens (primary N) is 1. The Morgan fingerprint density at radius 2 is 2.12 bits per heavy atom. The number of carbonyl (C=O) groups excluding carboxylic acids is 2. The molecule has 1 aromatic rings. The van der Waals surface area contributed by atoms with Crippen LogP contribution in [0.3, 0.4) is 0 Å². The molecule has 0 spiro atoms. The average Bonchev–Trinajstić information content (AvgIpc) is 3.37. The third kappa shape index (κ3) is 6.34. The van der Waals surface area contributed by atoms with Crippen molar-refractivity contribution < 1.29 is 9.59 Å². The molecule has 1 atom stereocenters. The highest BCUT2D eigenvalue weighted by atomic mass is 32.2. The Bertz CT molecular complexity index is 615. The number of nitrogens with one attached hydrogen (secondary N) is 1. The molecule has 0 bridgehead atoms. The second-order valence-corrected chi connectivity index (χ2v) is 8.29. The molecule has 0 radical (unpaired) electrons. The van der Waals surface area contributed by atoms with Gasteiger partial charge in [-0.1, -0.05) is 27.2 Å². The van der Waals surface area contributed by atoms with Crippen LogP contribution in [0.4, 0.5) is 0 Å². The van der Waals surface area contributed by atoms with Crippen molar-refractivity contribution in [2.45, 2.75) is 69.7 Å². The summed E-state index contributed by atoms with van der Waals surface area (Å²) in [4.78, 5) is 29.4. The van der Waals surface area contributed by atoms with E-state index in [0.29, 0.717) is 17.5 Å². The van der Waals surface area contributed by atoms with Crippen molar-refractivity contribution in [3.05, 3.63) is 23.5 Å². The van der Waals surface area contributed by atoms with E-state index >= 15 is 0 Å². The van der Waals surface area contributed by atoms with Crippen molar-refractivity contribution in [2.75, 3.05) is 5.75 Å². The van der Waals surface area contributed by atoms with Crippen LogP contribution >= 0.6 is 11.8 Å². The first-order chi connectivity index (χ1) is 11.9. The first kappa shape index (κ1) is 19.8. The average molecular weight is 364 g/mol. The SMILES string of the molecule is CCC[C@@H](CC(N)=O)NC(=O)c1ncc(C2CC2)cc1SCC(C)C. The summed E-state index contributed by atoms with van der Waals surface area (Å²) in [5.74, 6) is 1.47. The Balaban J connectivity index is 2.16. The van der Waals surface area contributed by atoms with E-state index < -0.39 is 5.91 Å². The summed E-state index contributed by atoms with van der Waals surface area (Å²) in [5.41, 5.74) is 6.98. The van der Waals surface area contributed by atoms with Gasteiger partial charge in [-0.25, -0.2) is 4.98 Å². The molecular formula is C19H29N3O2S. The number of thioether (sulfide) groups is 1. The molecule has 0 unspecified atom stereocenters. The fourth-order valence-electron chi connectivity index (χ4n) is 2.71. The molecule has 6 heteroatoms. The Morgan fingerprint density at radius 1 is 1.40 bits per heavy atom. The molecule has 1 aromatic heterocycles. The molecule has 2 amide bonds. The van der Waals surface area contributed by atoms with E-state index in [9.17, 15) is 9.59 Å². The second-order valence-electron chi connectivity index (χ2n) is 7.22. The Morgan fingerprint density at radius 3 is 2.68 bits per heavy atom. The molecule has 0 aromatic carbocycles. The summed E-state index contributed by atoms with van der Waals surface area (Å²) in [6.07, 6.45) is 6.01. The number of rotatable bonds is 10. The van der Waals surface area contributed by atoms with Gasteiger partial charge in [0, 0.05) is 29.3 Å². The van der Waals surface area contributed by atoms with Crippen LogP contribution in [0.15, 0.2) is 17.2 Å². The highest BCUT2D eigenvalue weighted by molar-refractivity contribution is 7.99. The van der Waals surface area contributed by atoms with E-state index in [1.165, 1.54) is 18.4 Å². The van der Waals surface area contributed by atoms with Crippen LogP contribution in [0.1, 0.15) is 74.8 Å². The highest BCUT2D eigenvalue weighted by Crippen LogP contribution is 2.41. The lowest BCUT2D eigenvalue weighted by molar-refractivity contribution is -0.118. The van der Waals surface area contributed by atoms with Gasteiger partial charge >= 0.3 is 0 Å². The minimum absolute atomic E-state index is 0.161. The first-order valence-electron chi connectivity index (χ1n) is 9.12. The summed E-state index contributed by atoms with van der Waals surface area (Å²) < 4.78 is 0. The molecule has 138 valence electrons. The molecule has 1 aliphatic rings. The normalized spacial score (nSPS) is 15.2. The van der Waals surface area contributed by atoms with E-state index in [-0.39, 0.29) is 18.4 Å². The van der Waals surface area contributed by atoms with Gasteiger partial charge in [0.15, 0.2) is 0 Å². The zero-order chi connectivity index (χ0) is 18.4. The predicted octanol–water partition coefficient (Wildman–Crippen LogP) is 3.48. The van der Waals surface area contributed by atoms with Gasteiger partial charge in [-0.15, -0.1) is 11.8 Å². The maximum atomic E-state index is 12.7. The smallest absolute Gasteiger partial charge is 0.271 e. The van der Waals surface area contributed by atoms with E-state index in [2.05, 4.69) is 30.2 Å². The van der Waals surface area contributed by atoms with Gasteiger partial charge in [-0.2, -0.15) is 0 Å². The quantitative estimate of drug-likeness (QED) is 0.623. The molecule has 0 saturated heterocycles. The summed E-state index contributed by atoms with van der Waals surface area (Å²) >= 11 is 1.68. The van der Waals surface area contributed by atoms with Crippen LogP contribution in [-0.4, -0.2) is 28.6 Å². The number of nitrogens with zero attached hydrogens (tertiary/aromatic N) is 1. The lowest BCUT2D eigenvalue weighted by atomic mass is 10.1. The molecule has 1 aliphatic carbocycles. The topological polar surface area (TPSA) is 85.1 Å². The summed E-state index contributed by atoms with van der Waals surface area (Å²) in [7, 11) is 0. The molecule has 1 fully saturated rings. The minimum atomic E-state index is -0.398. The molecule has 1 saturated carbocycles. The Hall–Kier alpha value is -1.56. The van der Waals surface area contributed by atoms with Gasteiger partial charge in [0.1, 0.15) is 5.69 Å². The first-order valence-corrected chi connectivity index (χ1v) is 10.1. The molecule has 5 nitrogen and oxygen atoms in total. The molecular weight excluding hydrogens is 334 g/mol. The Kier molecular flexibility index (Phi) is 7.29. The van der Waals surface area contributed by atoms with Gasteiger partial charge in [0.2, 0.25) is 5.91 Å². The lowest BCUT2D eigenvalue weighted by Gasteiger charge is -2.18. The number of hydrogen-bond donors (Lipinski definition) is 2. The van der Waals surface area contributed by atoms with Crippen LogP contribution < -0.4 is 11.1 Å². The highest BCUT2D eigenvalue weighted by Gasteiger charge is 2.26. The Labute approximate surface area is 154 Å². The standard InChI is InChI=1S/C19H29N3O2S/c1-4-5-15(9-17(20)23)22-19(24)18-16(25-11-12(2)3)8-14(10-21-18)13-6-7-13/h8,10,12-13,15H,4-7,9,11H2,1-3H3,(H2,20,23)(H,22,24)/t15-/m0/s1. The van der Waals surface area contributed by atoms with Crippen LogP contribution in [0.2, 0.25) is 0 Å². The molecule has 0 aliphatic heterocycles. The van der Waals surface area contributed by atoms with Crippen LogP contribution in [0.5, 0.6) is 0 Å². The number of amides is 2. The van der Waals surface area contributed by atoms with Gasteiger partial charge in [0.25, 0.3) is 5.91 Å². The van der Waals surface area contributed by atoms with E-state index in [1.54, 1.807) is 11.8 Å². The second kappa shape index (κ2) is 9.22. The fourth-order valence-corrected chi connectivity index (χ4v) is 3.72. The van der Waals surface area contributed by atoms with Gasteiger partial charge in [0.05, 0.1) is 0 Å². The minimum Gasteiger partial charge on any atom is -0.370 e. The van der Waals surface area contributed by atoms with E-state index in [4.69, 9.17) is 5.73 Å². The zero-order valence-corrected chi connectivity index (χ0v) is 16.2. The van der Waals surface area contributed by atoms with E-state index in [0.717, 1.165) is 23.5 Å². The van der Waals surface area contributed by atoms with Crippen molar-refractivity contribution >= 4 is 23.6 Å². The van der Waals surface area contributed by atoms with Crippen molar-refractivity contribution in [1.82, 2.24) is 10.3 Å². The predicted molar refractivity (Wildman–Crippen MR) is 102 cm³/mol. The third-order valence-electron chi connectivity index (χ3n) is 4.13. The third-order valence-corrected chi connectivity index (χ3v) is 5.59. The van der Waals surface area contributed by atoms with Crippen molar-refractivity contribution in [3.8, 4) is 0 Å². The summed E-state index contributed by atoms with van der Waals surface area (Å²) in [6.45, 7) is 6.34. The van der Waals surface area contributed by atoms with Crippen LogP contribution in [0.25, 0.3) is 0 Å². The van der Waals surface area contributed by atoms with Gasteiger partial charge < -0.3 is 11.1 Å². The van der Waals surface area contributed by atoms with Crippen molar-refractivity contribution in [1.29, 1.82) is 0 Å². The summed E-state index contributed by atoms with van der Waals surface area (Å²) in [5, 5.41) is 2.94. The van der Waals surface area contributed by atoms with Crippen LogP contribution in [-0.2, 0) is 4.79 Å². The van der Waals surface area contributed by atoms with Crippen LogP contribution in [0, 0.1) is 5.92 Å².